The molecule has 0 saturated carbocycles. The number of H-pyrrole nitrogens is 1. The van der Waals surface area contributed by atoms with Gasteiger partial charge in [-0.2, -0.15) is 0 Å². The molecule has 0 fully saturated rings. The van der Waals surface area contributed by atoms with Crippen LogP contribution in [-0.4, -0.2) is 15.1 Å². The molecule has 4 rings (SSSR count). The Bertz CT molecular complexity index is 1030. The molecule has 2 aromatic carbocycles. The average Bonchev–Trinajstić information content (AvgIpc) is 2.87. The molecule has 0 atom stereocenters. The summed E-state index contributed by atoms with van der Waals surface area (Å²) in [6, 6.07) is 14.1. The first-order valence-corrected chi connectivity index (χ1v) is 6.44. The van der Waals surface area contributed by atoms with Crippen molar-refractivity contribution in [2.45, 2.75) is 0 Å². The van der Waals surface area contributed by atoms with Gasteiger partial charge in [-0.3, -0.25) is 4.79 Å². The minimum Gasteiger partial charge on any atom is -0.507 e. The van der Waals surface area contributed by atoms with Crippen molar-refractivity contribution >= 4 is 22.1 Å². The van der Waals surface area contributed by atoms with Gasteiger partial charge in [0, 0.05) is 5.39 Å². The minimum atomic E-state index is -0.366. The lowest BCUT2D eigenvalue weighted by Gasteiger charge is -2.02. The first-order chi connectivity index (χ1) is 10.2. The molecule has 0 saturated heterocycles. The molecule has 4 aromatic rings. The number of nitrogens with zero attached hydrogens (tertiary/aromatic N) is 1. The molecule has 0 aliphatic rings. The Morgan fingerprint density at radius 2 is 1.81 bits per heavy atom. The fraction of sp³-hybridized carbons (Fsp3) is 0. The van der Waals surface area contributed by atoms with Gasteiger partial charge in [-0.1, -0.05) is 24.3 Å². The van der Waals surface area contributed by atoms with Gasteiger partial charge in [0.05, 0.1) is 5.56 Å². The lowest BCUT2D eigenvalue weighted by molar-refractivity contribution is 0.477. The standard InChI is InChI=1S/C16H10N2O3/c19-11-7-3-1-5-9(11)15-17-13-10-6-2-4-8-12(10)21-14(13)16(20)18-15/h1-8,19H,(H,17,18,20). The highest BCUT2D eigenvalue weighted by atomic mass is 16.3. The zero-order chi connectivity index (χ0) is 14.4. The minimum absolute atomic E-state index is 0.0628. The molecule has 21 heavy (non-hydrogen) atoms. The quantitative estimate of drug-likeness (QED) is 0.561. The number of furan rings is 1. The van der Waals surface area contributed by atoms with Gasteiger partial charge < -0.3 is 14.5 Å². The molecule has 0 unspecified atom stereocenters. The summed E-state index contributed by atoms with van der Waals surface area (Å²) in [5, 5.41) is 10.7. The number of benzene rings is 2. The first kappa shape index (κ1) is 11.7. The van der Waals surface area contributed by atoms with E-state index in [2.05, 4.69) is 9.97 Å². The Hall–Kier alpha value is -3.08. The maximum absolute atomic E-state index is 12.2. The molecule has 0 aliphatic heterocycles. The number of fused-ring (bicyclic) bond motifs is 3. The molecule has 2 heterocycles. The largest absolute Gasteiger partial charge is 0.507 e. The molecule has 0 spiro atoms. The molecule has 0 bridgehead atoms. The van der Waals surface area contributed by atoms with Crippen molar-refractivity contribution in [2.75, 3.05) is 0 Å². The van der Waals surface area contributed by atoms with E-state index in [0.717, 1.165) is 5.39 Å². The number of rotatable bonds is 1. The molecular weight excluding hydrogens is 268 g/mol. The molecule has 0 amide bonds. The first-order valence-electron chi connectivity index (χ1n) is 6.44. The third-order valence-corrected chi connectivity index (χ3v) is 3.39. The highest BCUT2D eigenvalue weighted by Gasteiger charge is 2.14. The molecule has 0 radical (unpaired) electrons. The topological polar surface area (TPSA) is 79.1 Å². The SMILES string of the molecule is O=c1[nH]c(-c2ccccc2O)nc2c1oc1ccccc12. The van der Waals surface area contributed by atoms with E-state index in [4.69, 9.17) is 4.42 Å². The Morgan fingerprint density at radius 3 is 2.67 bits per heavy atom. The summed E-state index contributed by atoms with van der Waals surface area (Å²) in [7, 11) is 0. The number of aromatic amines is 1. The monoisotopic (exact) mass is 278 g/mol. The van der Waals surface area contributed by atoms with Crippen molar-refractivity contribution in [1.29, 1.82) is 0 Å². The predicted molar refractivity (Wildman–Crippen MR) is 79.2 cm³/mol. The van der Waals surface area contributed by atoms with Crippen LogP contribution in [0.1, 0.15) is 0 Å². The average molecular weight is 278 g/mol. The van der Waals surface area contributed by atoms with Crippen molar-refractivity contribution in [3.8, 4) is 17.1 Å². The van der Waals surface area contributed by atoms with Crippen LogP contribution in [0.4, 0.5) is 0 Å². The summed E-state index contributed by atoms with van der Waals surface area (Å²) in [6.45, 7) is 0. The van der Waals surface area contributed by atoms with Crippen LogP contribution in [0.25, 0.3) is 33.5 Å². The van der Waals surface area contributed by atoms with E-state index in [1.165, 1.54) is 0 Å². The van der Waals surface area contributed by atoms with Gasteiger partial charge in [0.15, 0.2) is 0 Å². The number of aromatic nitrogens is 2. The van der Waals surface area contributed by atoms with Gasteiger partial charge >= 0.3 is 0 Å². The second-order valence-electron chi connectivity index (χ2n) is 4.71. The van der Waals surface area contributed by atoms with Crippen molar-refractivity contribution in [1.82, 2.24) is 9.97 Å². The highest BCUT2D eigenvalue weighted by molar-refractivity contribution is 6.02. The molecule has 0 aliphatic carbocycles. The number of hydrogen-bond donors (Lipinski definition) is 2. The number of nitrogens with one attached hydrogen (secondary N) is 1. The van der Waals surface area contributed by atoms with Crippen LogP contribution in [0.3, 0.4) is 0 Å². The fourth-order valence-electron chi connectivity index (χ4n) is 2.40. The summed E-state index contributed by atoms with van der Waals surface area (Å²) in [5.74, 6) is 0.380. The second kappa shape index (κ2) is 4.21. The Balaban J connectivity index is 2.11. The smallest absolute Gasteiger partial charge is 0.294 e. The molecule has 5 heteroatoms. The number of phenolic OH excluding ortho intramolecular Hbond substituents is 1. The number of para-hydroxylation sites is 2. The van der Waals surface area contributed by atoms with Crippen molar-refractivity contribution < 1.29 is 9.52 Å². The maximum Gasteiger partial charge on any atom is 0.294 e. The van der Waals surface area contributed by atoms with Gasteiger partial charge in [0.2, 0.25) is 5.58 Å². The summed E-state index contributed by atoms with van der Waals surface area (Å²) in [6.07, 6.45) is 0. The van der Waals surface area contributed by atoms with Crippen molar-refractivity contribution in [2.24, 2.45) is 0 Å². The van der Waals surface area contributed by atoms with E-state index in [1.54, 1.807) is 30.3 Å². The zero-order valence-corrected chi connectivity index (χ0v) is 10.8. The van der Waals surface area contributed by atoms with Crippen molar-refractivity contribution in [3.05, 3.63) is 58.9 Å². The van der Waals surface area contributed by atoms with E-state index < -0.39 is 0 Å². The lowest BCUT2D eigenvalue weighted by atomic mass is 10.2. The van der Waals surface area contributed by atoms with E-state index in [-0.39, 0.29) is 16.9 Å². The third kappa shape index (κ3) is 1.71. The molecule has 2 aromatic heterocycles. The van der Waals surface area contributed by atoms with Crippen LogP contribution in [0, 0.1) is 0 Å². The van der Waals surface area contributed by atoms with Crippen LogP contribution in [0.5, 0.6) is 5.75 Å². The van der Waals surface area contributed by atoms with Gasteiger partial charge in [0.1, 0.15) is 22.7 Å². The van der Waals surface area contributed by atoms with Crippen LogP contribution in [0.15, 0.2) is 57.7 Å². The van der Waals surface area contributed by atoms with E-state index in [0.29, 0.717) is 22.5 Å². The lowest BCUT2D eigenvalue weighted by Crippen LogP contribution is -2.08. The van der Waals surface area contributed by atoms with Gasteiger partial charge in [-0.25, -0.2) is 4.98 Å². The van der Waals surface area contributed by atoms with E-state index in [1.807, 2.05) is 18.2 Å². The van der Waals surface area contributed by atoms with Crippen molar-refractivity contribution in [3.63, 3.8) is 0 Å². The molecule has 102 valence electrons. The predicted octanol–water partition coefficient (Wildman–Crippen LogP) is 3.04. The van der Waals surface area contributed by atoms with Gasteiger partial charge in [-0.15, -0.1) is 0 Å². The third-order valence-electron chi connectivity index (χ3n) is 3.39. The summed E-state index contributed by atoms with van der Waals surface area (Å²) in [5.41, 5.74) is 1.40. The molecule has 5 nitrogen and oxygen atoms in total. The fourth-order valence-corrected chi connectivity index (χ4v) is 2.40. The van der Waals surface area contributed by atoms with Crippen LogP contribution in [0.2, 0.25) is 0 Å². The zero-order valence-electron chi connectivity index (χ0n) is 10.8. The van der Waals surface area contributed by atoms with Crippen LogP contribution < -0.4 is 5.56 Å². The highest BCUT2D eigenvalue weighted by Crippen LogP contribution is 2.29. The molecular formula is C16H10N2O3. The number of phenols is 1. The summed E-state index contributed by atoms with van der Waals surface area (Å²) < 4.78 is 5.54. The number of aromatic hydroxyl groups is 1. The summed E-state index contributed by atoms with van der Waals surface area (Å²) in [4.78, 5) is 19.3. The van der Waals surface area contributed by atoms with E-state index in [9.17, 15) is 9.90 Å². The molecule has 2 N–H and O–H groups in total. The Kier molecular flexibility index (Phi) is 2.35. The second-order valence-corrected chi connectivity index (χ2v) is 4.71. The van der Waals surface area contributed by atoms with Gasteiger partial charge in [-0.05, 0) is 24.3 Å². The summed E-state index contributed by atoms with van der Waals surface area (Å²) >= 11 is 0. The Morgan fingerprint density at radius 1 is 1.05 bits per heavy atom. The van der Waals surface area contributed by atoms with Crippen LogP contribution in [-0.2, 0) is 0 Å². The number of hydrogen-bond acceptors (Lipinski definition) is 4. The van der Waals surface area contributed by atoms with E-state index >= 15 is 0 Å². The van der Waals surface area contributed by atoms with Gasteiger partial charge in [0.25, 0.3) is 5.56 Å². The Labute approximate surface area is 118 Å². The normalized spacial score (nSPS) is 11.2. The maximum atomic E-state index is 12.2. The van der Waals surface area contributed by atoms with Crippen LogP contribution >= 0.6 is 0 Å².